The lowest BCUT2D eigenvalue weighted by Gasteiger charge is -2.06. The van der Waals surface area contributed by atoms with Crippen LogP contribution in [-0.4, -0.2) is 14.2 Å². The van der Waals surface area contributed by atoms with Crippen LogP contribution in [0.5, 0.6) is 0 Å². The van der Waals surface area contributed by atoms with Gasteiger partial charge in [-0.05, 0) is 36.4 Å². The summed E-state index contributed by atoms with van der Waals surface area (Å²) in [6, 6.07) is 12.1. The van der Waals surface area contributed by atoms with Crippen molar-refractivity contribution in [3.63, 3.8) is 0 Å². The molecule has 112 valence electrons. The SMILES string of the molecule is Cl.NNS(=O)(=O)c1ccc(C(=O)c2ccccc2N)cc1. The number of hydrazine groups is 1. The van der Waals surface area contributed by atoms with Gasteiger partial charge in [0.05, 0.1) is 4.90 Å². The fraction of sp³-hybridized carbons (Fsp3) is 0. The van der Waals surface area contributed by atoms with Gasteiger partial charge in [0.1, 0.15) is 0 Å². The maximum atomic E-state index is 12.2. The number of carbonyl (C=O) groups is 1. The molecule has 0 fully saturated rings. The van der Waals surface area contributed by atoms with E-state index in [1.54, 1.807) is 29.1 Å². The van der Waals surface area contributed by atoms with E-state index in [0.717, 1.165) is 0 Å². The predicted molar refractivity (Wildman–Crippen MR) is 82.5 cm³/mol. The zero-order chi connectivity index (χ0) is 14.8. The molecular weight excluding hydrogens is 314 g/mol. The van der Waals surface area contributed by atoms with E-state index in [9.17, 15) is 13.2 Å². The summed E-state index contributed by atoms with van der Waals surface area (Å²) in [5.41, 5.74) is 6.83. The first-order valence-corrected chi connectivity index (χ1v) is 7.15. The molecule has 2 rings (SSSR count). The van der Waals surface area contributed by atoms with Gasteiger partial charge >= 0.3 is 0 Å². The van der Waals surface area contributed by atoms with Crippen molar-refractivity contribution in [2.24, 2.45) is 5.84 Å². The minimum Gasteiger partial charge on any atom is -0.398 e. The Hall–Kier alpha value is -1.93. The molecule has 0 aliphatic rings. The number of benzene rings is 2. The number of nitrogen functional groups attached to an aromatic ring is 1. The van der Waals surface area contributed by atoms with Crippen LogP contribution in [0.15, 0.2) is 53.4 Å². The average molecular weight is 328 g/mol. The molecule has 21 heavy (non-hydrogen) atoms. The molecule has 0 aromatic heterocycles. The average Bonchev–Trinajstić information content (AvgIpc) is 2.47. The van der Waals surface area contributed by atoms with Crippen molar-refractivity contribution in [3.05, 3.63) is 59.7 Å². The Morgan fingerprint density at radius 2 is 1.57 bits per heavy atom. The quantitative estimate of drug-likeness (QED) is 0.336. The number of anilines is 1. The Kier molecular flexibility index (Phi) is 5.45. The summed E-state index contributed by atoms with van der Waals surface area (Å²) in [7, 11) is -3.72. The molecule has 0 bridgehead atoms. The van der Waals surface area contributed by atoms with E-state index >= 15 is 0 Å². The molecular formula is C13H14ClN3O3S. The number of halogens is 1. The number of nitrogens with two attached hydrogens (primary N) is 2. The number of sulfonamides is 1. The van der Waals surface area contributed by atoms with Crippen molar-refractivity contribution < 1.29 is 13.2 Å². The molecule has 0 radical (unpaired) electrons. The minimum atomic E-state index is -3.72. The second kappa shape index (κ2) is 6.68. The smallest absolute Gasteiger partial charge is 0.253 e. The van der Waals surface area contributed by atoms with E-state index in [4.69, 9.17) is 11.6 Å². The van der Waals surface area contributed by atoms with Crippen molar-refractivity contribution in [1.29, 1.82) is 0 Å². The van der Waals surface area contributed by atoms with Crippen LogP contribution in [0, 0.1) is 0 Å². The molecule has 0 heterocycles. The Morgan fingerprint density at radius 1 is 1.00 bits per heavy atom. The van der Waals surface area contributed by atoms with Crippen LogP contribution < -0.4 is 16.4 Å². The maximum Gasteiger partial charge on any atom is 0.253 e. The molecule has 5 N–H and O–H groups in total. The van der Waals surface area contributed by atoms with Crippen LogP contribution in [-0.2, 0) is 10.0 Å². The topological polar surface area (TPSA) is 115 Å². The second-order valence-corrected chi connectivity index (χ2v) is 5.78. The predicted octanol–water partition coefficient (Wildman–Crippen LogP) is 1.07. The lowest BCUT2D eigenvalue weighted by molar-refractivity contribution is 0.103. The van der Waals surface area contributed by atoms with Crippen LogP contribution >= 0.6 is 12.4 Å². The van der Waals surface area contributed by atoms with Crippen molar-refractivity contribution in [2.45, 2.75) is 4.90 Å². The zero-order valence-corrected chi connectivity index (χ0v) is 12.4. The van der Waals surface area contributed by atoms with E-state index in [2.05, 4.69) is 0 Å². The Labute approximate surface area is 128 Å². The number of hydrogen-bond acceptors (Lipinski definition) is 5. The van der Waals surface area contributed by atoms with E-state index in [1.807, 2.05) is 0 Å². The summed E-state index contributed by atoms with van der Waals surface area (Å²) < 4.78 is 22.9. The highest BCUT2D eigenvalue weighted by molar-refractivity contribution is 7.89. The lowest BCUT2D eigenvalue weighted by Crippen LogP contribution is -2.30. The summed E-state index contributed by atoms with van der Waals surface area (Å²) >= 11 is 0. The molecule has 6 nitrogen and oxygen atoms in total. The van der Waals surface area contributed by atoms with Gasteiger partial charge in [0.25, 0.3) is 10.0 Å². The number of nitrogens with one attached hydrogen (secondary N) is 1. The normalized spacial score (nSPS) is 10.7. The Morgan fingerprint density at radius 3 is 2.10 bits per heavy atom. The molecule has 2 aromatic carbocycles. The van der Waals surface area contributed by atoms with Crippen molar-refractivity contribution in [2.75, 3.05) is 5.73 Å². The standard InChI is InChI=1S/C13H13N3O3S.ClH/c14-12-4-2-1-3-11(12)13(17)9-5-7-10(8-6-9)20(18,19)16-15;/h1-8,16H,14-15H2;1H. The molecule has 2 aromatic rings. The zero-order valence-electron chi connectivity index (χ0n) is 10.8. The number of para-hydroxylation sites is 1. The van der Waals surface area contributed by atoms with Gasteiger partial charge in [-0.25, -0.2) is 8.42 Å². The van der Waals surface area contributed by atoms with E-state index in [1.165, 1.54) is 24.3 Å². The van der Waals surface area contributed by atoms with Crippen LogP contribution in [0.4, 0.5) is 5.69 Å². The third-order valence-electron chi connectivity index (χ3n) is 2.79. The highest BCUT2D eigenvalue weighted by atomic mass is 35.5. The fourth-order valence-electron chi connectivity index (χ4n) is 1.71. The molecule has 0 spiro atoms. The van der Waals surface area contributed by atoms with Crippen LogP contribution in [0.1, 0.15) is 15.9 Å². The molecule has 0 saturated carbocycles. The first-order valence-electron chi connectivity index (χ1n) is 5.67. The molecule has 0 unspecified atom stereocenters. The molecule has 8 heteroatoms. The van der Waals surface area contributed by atoms with E-state index in [0.29, 0.717) is 16.8 Å². The molecule has 0 saturated heterocycles. The van der Waals surface area contributed by atoms with Gasteiger partial charge in [-0.1, -0.05) is 12.1 Å². The first-order chi connectivity index (χ1) is 9.45. The summed E-state index contributed by atoms with van der Waals surface area (Å²) in [6.07, 6.45) is 0. The molecule has 0 atom stereocenters. The van der Waals surface area contributed by atoms with Gasteiger partial charge in [0.2, 0.25) is 0 Å². The Bertz CT molecular complexity index is 746. The van der Waals surface area contributed by atoms with Gasteiger partial charge in [-0.3, -0.25) is 10.6 Å². The number of rotatable bonds is 4. The monoisotopic (exact) mass is 327 g/mol. The molecule has 0 amide bonds. The largest absolute Gasteiger partial charge is 0.398 e. The van der Waals surface area contributed by atoms with Crippen molar-refractivity contribution in [3.8, 4) is 0 Å². The van der Waals surface area contributed by atoms with Crippen LogP contribution in [0.3, 0.4) is 0 Å². The number of hydrogen-bond donors (Lipinski definition) is 3. The lowest BCUT2D eigenvalue weighted by atomic mass is 10.0. The fourth-order valence-corrected chi connectivity index (χ4v) is 2.34. The van der Waals surface area contributed by atoms with Crippen molar-refractivity contribution >= 4 is 33.9 Å². The van der Waals surface area contributed by atoms with Gasteiger partial charge in [-0.15, -0.1) is 12.4 Å². The van der Waals surface area contributed by atoms with Crippen LogP contribution in [0.25, 0.3) is 0 Å². The third-order valence-corrected chi connectivity index (χ3v) is 3.99. The van der Waals surface area contributed by atoms with Crippen LogP contribution in [0.2, 0.25) is 0 Å². The molecule has 0 aliphatic carbocycles. The summed E-state index contributed by atoms with van der Waals surface area (Å²) in [4.78, 5) is 13.9. The highest BCUT2D eigenvalue weighted by Gasteiger charge is 2.15. The van der Waals surface area contributed by atoms with Gasteiger partial charge in [0, 0.05) is 16.8 Å². The van der Waals surface area contributed by atoms with Gasteiger partial charge in [-0.2, -0.15) is 4.83 Å². The third kappa shape index (κ3) is 3.59. The van der Waals surface area contributed by atoms with E-state index < -0.39 is 10.0 Å². The van der Waals surface area contributed by atoms with Crippen molar-refractivity contribution in [1.82, 2.24) is 4.83 Å². The summed E-state index contributed by atoms with van der Waals surface area (Å²) in [5.74, 6) is 4.66. The summed E-state index contributed by atoms with van der Waals surface area (Å²) in [5, 5.41) is 0. The highest BCUT2D eigenvalue weighted by Crippen LogP contribution is 2.17. The first kappa shape index (κ1) is 17.1. The second-order valence-electron chi connectivity index (χ2n) is 4.06. The summed E-state index contributed by atoms with van der Waals surface area (Å²) in [6.45, 7) is 0. The van der Waals surface area contributed by atoms with Gasteiger partial charge in [0.15, 0.2) is 5.78 Å². The maximum absolute atomic E-state index is 12.2. The minimum absolute atomic E-state index is 0. The number of carbonyl (C=O) groups excluding carboxylic acids is 1. The van der Waals surface area contributed by atoms with E-state index in [-0.39, 0.29) is 23.1 Å². The van der Waals surface area contributed by atoms with Gasteiger partial charge < -0.3 is 5.73 Å². The number of ketones is 1. The molecule has 0 aliphatic heterocycles. The Balaban J connectivity index is 0.00000220.